The number of hydrogen-bond donors (Lipinski definition) is 0. The van der Waals surface area contributed by atoms with Crippen molar-refractivity contribution in [2.45, 2.75) is 27.2 Å². The third-order valence-corrected chi connectivity index (χ3v) is 6.11. The summed E-state index contributed by atoms with van der Waals surface area (Å²) < 4.78 is 21.7. The number of pyridine rings is 1. The summed E-state index contributed by atoms with van der Waals surface area (Å²) in [5, 5.41) is 4.52. The van der Waals surface area contributed by atoms with E-state index < -0.39 is 6.09 Å². The number of para-hydroxylation sites is 1. The van der Waals surface area contributed by atoms with Gasteiger partial charge in [-0.3, -0.25) is 4.79 Å². The fraction of sp³-hybridized carbons (Fsp3) is 0.241. The molecule has 4 aromatic rings. The van der Waals surface area contributed by atoms with Gasteiger partial charge in [0.1, 0.15) is 11.4 Å². The molecule has 2 aromatic heterocycles. The molecule has 0 saturated carbocycles. The van der Waals surface area contributed by atoms with Crippen LogP contribution < -0.4 is 9.64 Å². The standard InChI is InChI=1S/C29H28ClN3O6/c1-5-37-25(34)15-19-14-22(28(36-4)31-17-19)20-10-9-11-21(16-20)27-26(18(3)32-39-27)33(29(35)38-6-2)24-13-8-7-12-23(24)30/h7-14,16-17H,5-6,15H2,1-4H3. The van der Waals surface area contributed by atoms with Gasteiger partial charge in [0.25, 0.3) is 0 Å². The van der Waals surface area contributed by atoms with Crippen LogP contribution in [0.3, 0.4) is 0 Å². The first-order chi connectivity index (χ1) is 18.9. The van der Waals surface area contributed by atoms with E-state index in [0.717, 1.165) is 5.56 Å². The Labute approximate surface area is 231 Å². The number of hydrogen-bond acceptors (Lipinski definition) is 8. The van der Waals surface area contributed by atoms with Gasteiger partial charge in [-0.2, -0.15) is 0 Å². The maximum Gasteiger partial charge on any atom is 0.419 e. The second kappa shape index (κ2) is 12.4. The van der Waals surface area contributed by atoms with Gasteiger partial charge in [0.15, 0.2) is 5.76 Å². The van der Waals surface area contributed by atoms with Crippen molar-refractivity contribution in [1.29, 1.82) is 0 Å². The van der Waals surface area contributed by atoms with Gasteiger partial charge >= 0.3 is 12.1 Å². The lowest BCUT2D eigenvalue weighted by atomic mass is 10.00. The van der Waals surface area contributed by atoms with Crippen molar-refractivity contribution in [2.75, 3.05) is 25.2 Å². The number of amides is 1. The lowest BCUT2D eigenvalue weighted by Crippen LogP contribution is -2.27. The van der Waals surface area contributed by atoms with Gasteiger partial charge in [-0.25, -0.2) is 14.7 Å². The van der Waals surface area contributed by atoms with E-state index in [1.807, 2.05) is 30.3 Å². The molecule has 39 heavy (non-hydrogen) atoms. The van der Waals surface area contributed by atoms with Crippen molar-refractivity contribution in [3.05, 3.63) is 77.1 Å². The molecule has 202 valence electrons. The van der Waals surface area contributed by atoms with Crippen molar-refractivity contribution >= 4 is 35.0 Å². The molecule has 1 amide bonds. The van der Waals surface area contributed by atoms with Crippen molar-refractivity contribution in [2.24, 2.45) is 0 Å². The van der Waals surface area contributed by atoms with Crippen LogP contribution in [0.1, 0.15) is 25.1 Å². The Kier molecular flexibility index (Phi) is 8.83. The molecular formula is C29H28ClN3O6. The van der Waals surface area contributed by atoms with Crippen molar-refractivity contribution in [1.82, 2.24) is 10.1 Å². The molecule has 0 N–H and O–H groups in total. The van der Waals surface area contributed by atoms with Crippen LogP contribution in [0.5, 0.6) is 5.88 Å². The number of carbonyl (C=O) groups excluding carboxylic acids is 2. The Bertz CT molecular complexity index is 1490. The number of halogens is 1. The molecule has 4 rings (SSSR count). The normalized spacial score (nSPS) is 10.7. The average molecular weight is 550 g/mol. The van der Waals surface area contributed by atoms with E-state index in [1.165, 1.54) is 12.0 Å². The minimum Gasteiger partial charge on any atom is -0.481 e. The van der Waals surface area contributed by atoms with Crippen molar-refractivity contribution in [3.8, 4) is 28.3 Å². The molecular weight excluding hydrogens is 522 g/mol. The highest BCUT2D eigenvalue weighted by Gasteiger charge is 2.30. The molecule has 0 aliphatic rings. The lowest BCUT2D eigenvalue weighted by Gasteiger charge is -2.23. The van der Waals surface area contributed by atoms with E-state index in [-0.39, 0.29) is 19.0 Å². The Balaban J connectivity index is 1.82. The average Bonchev–Trinajstić information content (AvgIpc) is 3.31. The molecule has 0 saturated heterocycles. The molecule has 0 atom stereocenters. The van der Waals surface area contributed by atoms with Gasteiger partial charge in [-0.15, -0.1) is 0 Å². The van der Waals surface area contributed by atoms with Crippen LogP contribution >= 0.6 is 11.6 Å². The van der Waals surface area contributed by atoms with Crippen LogP contribution in [-0.2, 0) is 20.7 Å². The summed E-state index contributed by atoms with van der Waals surface area (Å²) in [4.78, 5) is 31.0. The summed E-state index contributed by atoms with van der Waals surface area (Å²) in [6, 6.07) is 16.2. The zero-order chi connectivity index (χ0) is 27.9. The summed E-state index contributed by atoms with van der Waals surface area (Å²) in [6.45, 7) is 5.69. The van der Waals surface area contributed by atoms with Crippen LogP contribution in [-0.4, -0.2) is 42.5 Å². The number of aromatic nitrogens is 2. The third kappa shape index (κ3) is 6.04. The third-order valence-electron chi connectivity index (χ3n) is 5.79. The zero-order valence-corrected chi connectivity index (χ0v) is 22.8. The monoisotopic (exact) mass is 549 g/mol. The number of aryl methyl sites for hydroxylation is 1. The molecule has 0 spiro atoms. The molecule has 0 radical (unpaired) electrons. The van der Waals surface area contributed by atoms with Crippen molar-refractivity contribution < 1.29 is 28.3 Å². The number of nitrogens with zero attached hydrogens (tertiary/aromatic N) is 3. The van der Waals surface area contributed by atoms with Crippen molar-refractivity contribution in [3.63, 3.8) is 0 Å². The summed E-state index contributed by atoms with van der Waals surface area (Å²) in [7, 11) is 1.53. The van der Waals surface area contributed by atoms with Crippen LogP contribution in [0, 0.1) is 6.92 Å². The van der Waals surface area contributed by atoms with Gasteiger partial charge in [0.2, 0.25) is 5.88 Å². The highest BCUT2D eigenvalue weighted by atomic mass is 35.5. The second-order valence-electron chi connectivity index (χ2n) is 8.39. The van der Waals surface area contributed by atoms with Crippen LogP contribution in [0.15, 0.2) is 65.3 Å². The van der Waals surface area contributed by atoms with E-state index in [0.29, 0.717) is 57.0 Å². The molecule has 2 aromatic carbocycles. The summed E-state index contributed by atoms with van der Waals surface area (Å²) in [6.07, 6.45) is 1.05. The Morgan fingerprint density at radius 3 is 2.46 bits per heavy atom. The Morgan fingerprint density at radius 1 is 1.00 bits per heavy atom. The first-order valence-electron chi connectivity index (χ1n) is 12.3. The van der Waals surface area contributed by atoms with E-state index in [1.54, 1.807) is 51.2 Å². The van der Waals surface area contributed by atoms with Crippen LogP contribution in [0.4, 0.5) is 16.2 Å². The summed E-state index contributed by atoms with van der Waals surface area (Å²) >= 11 is 6.49. The number of carbonyl (C=O) groups is 2. The topological polar surface area (TPSA) is 104 Å². The first kappa shape index (κ1) is 27.7. The smallest absolute Gasteiger partial charge is 0.419 e. The molecule has 0 bridgehead atoms. The maximum absolute atomic E-state index is 13.2. The number of rotatable bonds is 9. The predicted molar refractivity (Wildman–Crippen MR) is 147 cm³/mol. The second-order valence-corrected chi connectivity index (χ2v) is 8.80. The van der Waals surface area contributed by atoms with Gasteiger partial charge in [0.05, 0.1) is 37.5 Å². The lowest BCUT2D eigenvalue weighted by molar-refractivity contribution is -0.142. The highest BCUT2D eigenvalue weighted by Crippen LogP contribution is 2.42. The first-order valence-corrected chi connectivity index (χ1v) is 12.7. The molecule has 0 fully saturated rings. The Morgan fingerprint density at radius 2 is 1.74 bits per heavy atom. The van der Waals surface area contributed by atoms with E-state index in [2.05, 4.69) is 10.1 Å². The molecule has 0 aliphatic carbocycles. The molecule has 0 unspecified atom stereocenters. The van der Waals surface area contributed by atoms with Crippen LogP contribution in [0.2, 0.25) is 5.02 Å². The largest absolute Gasteiger partial charge is 0.481 e. The predicted octanol–water partition coefficient (Wildman–Crippen LogP) is 6.77. The highest BCUT2D eigenvalue weighted by molar-refractivity contribution is 6.34. The number of esters is 1. The minimum absolute atomic E-state index is 0.0787. The van der Waals surface area contributed by atoms with Gasteiger partial charge in [-0.05, 0) is 56.2 Å². The number of ether oxygens (including phenoxy) is 3. The number of benzene rings is 2. The maximum atomic E-state index is 13.2. The molecule has 10 heteroatoms. The van der Waals surface area contributed by atoms with Crippen LogP contribution in [0.25, 0.3) is 22.5 Å². The van der Waals surface area contributed by atoms with E-state index in [4.69, 9.17) is 30.3 Å². The fourth-order valence-corrected chi connectivity index (χ4v) is 4.34. The number of methoxy groups -OCH3 is 1. The quantitative estimate of drug-likeness (QED) is 0.210. The van der Waals surface area contributed by atoms with Gasteiger partial charge in [0, 0.05) is 17.3 Å². The Hall–Kier alpha value is -4.37. The fourth-order valence-electron chi connectivity index (χ4n) is 4.12. The SMILES string of the molecule is CCOC(=O)Cc1cnc(OC)c(-c2cccc(-c3onc(C)c3N(C(=O)OCC)c3ccccc3Cl)c2)c1. The van der Waals surface area contributed by atoms with E-state index >= 15 is 0 Å². The molecule has 9 nitrogen and oxygen atoms in total. The van der Waals surface area contributed by atoms with Gasteiger partial charge in [-0.1, -0.05) is 47.1 Å². The zero-order valence-electron chi connectivity index (χ0n) is 22.1. The van der Waals surface area contributed by atoms with E-state index in [9.17, 15) is 9.59 Å². The molecule has 2 heterocycles. The van der Waals surface area contributed by atoms with Gasteiger partial charge < -0.3 is 18.7 Å². The minimum atomic E-state index is -0.619. The summed E-state index contributed by atoms with van der Waals surface area (Å²) in [5.74, 6) is 0.388. The molecule has 0 aliphatic heterocycles. The summed E-state index contributed by atoms with van der Waals surface area (Å²) in [5.41, 5.74) is 4.05. The number of anilines is 2.